The molecule has 2 heterocycles. The summed E-state index contributed by atoms with van der Waals surface area (Å²) in [5.74, 6) is 2.96. The zero-order chi connectivity index (χ0) is 31.6. The topological polar surface area (TPSA) is 79.8 Å². The molecule has 0 aliphatic heterocycles. The Morgan fingerprint density at radius 1 is 0.923 bits per heavy atom. The molecular formula is C25H42BrFI4N2O5V-. The standard InChI is InChI=1S/C10H15NO3.C8H9NO2.C3H7I.C2H5.CH3Br.CH3F.3HI.V/c1-12-9(13-2)7-8-5-4-6-11-10(8)14-3;1-11-8-7(4-6-10)3-2-5-9-8;1-3(2)4;3*1-2;;;;/h4-6,9H,7H2,1-3H3;2-3,5-6H,4H2,1H3;3H,1-2H3;1H2,2H3;2*1H3;3*1H;/q;;;-1;;;;;;+3/p-3. The first-order valence-corrected chi connectivity index (χ1v) is 27.3. The van der Waals surface area contributed by atoms with Gasteiger partial charge in [-0.2, -0.15) is 6.92 Å². The van der Waals surface area contributed by atoms with Gasteiger partial charge >= 0.3 is 64.9 Å². The van der Waals surface area contributed by atoms with E-state index < -0.39 is 0 Å². The molecule has 0 aliphatic rings. The van der Waals surface area contributed by atoms with Crippen LogP contribution in [0, 0.1) is 6.92 Å². The van der Waals surface area contributed by atoms with Gasteiger partial charge in [-0.05, 0) is 18.0 Å². The molecule has 0 spiro atoms. The first kappa shape index (κ1) is 50.0. The van der Waals surface area contributed by atoms with Gasteiger partial charge in [0.1, 0.15) is 6.29 Å². The first-order chi connectivity index (χ1) is 18.7. The predicted molar refractivity (Wildman–Crippen MR) is 197 cm³/mol. The Hall–Kier alpha value is 1.40. The van der Waals surface area contributed by atoms with Crippen LogP contribution in [0.3, 0.4) is 0 Å². The average molecular weight is 1110 g/mol. The molecule has 0 atom stereocenters. The van der Waals surface area contributed by atoms with Crippen molar-refractivity contribution < 1.29 is 33.1 Å². The SMILES string of the molecule is CBr.CC(C)I.CF.COc1ncccc1CC(OC)OC.COc1ncccc1CC=O.[CH2-]C.[I][V]([I])[I]. The third-order valence-electron chi connectivity index (χ3n) is 3.30. The number of carbonyl (C=O) groups is 1. The van der Waals surface area contributed by atoms with Crippen LogP contribution in [-0.2, 0) is 32.0 Å². The van der Waals surface area contributed by atoms with Crippen LogP contribution in [0.1, 0.15) is 31.9 Å². The molecule has 0 amide bonds. The molecule has 0 saturated heterocycles. The minimum absolute atomic E-state index is 0.256. The Kier molecular flexibility index (Phi) is 53.3. The van der Waals surface area contributed by atoms with Crippen molar-refractivity contribution in [3.05, 3.63) is 54.7 Å². The van der Waals surface area contributed by atoms with E-state index in [1.807, 2.05) is 24.0 Å². The molecular weight excluding hydrogens is 1070 g/mol. The van der Waals surface area contributed by atoms with Crippen molar-refractivity contribution in [1.82, 2.24) is 9.97 Å². The van der Waals surface area contributed by atoms with Gasteiger partial charge in [0.25, 0.3) is 0 Å². The second-order valence-electron chi connectivity index (χ2n) is 6.02. The molecule has 2 rings (SSSR count). The number of aldehydes is 1. The Morgan fingerprint density at radius 3 is 1.56 bits per heavy atom. The van der Waals surface area contributed by atoms with E-state index in [1.54, 1.807) is 46.7 Å². The molecule has 0 radical (unpaired) electrons. The van der Waals surface area contributed by atoms with Crippen LogP contribution in [0.25, 0.3) is 0 Å². The van der Waals surface area contributed by atoms with E-state index >= 15 is 0 Å². The fourth-order valence-electron chi connectivity index (χ4n) is 2.06. The Bertz CT molecular complexity index is 746. The minimum atomic E-state index is -0.278. The summed E-state index contributed by atoms with van der Waals surface area (Å²) >= 11 is 12.7. The second-order valence-corrected chi connectivity index (χ2v) is 43.9. The number of ether oxygens (including phenoxy) is 4. The molecule has 0 saturated carbocycles. The molecule has 7 nitrogen and oxygen atoms in total. The zero-order valence-corrected chi connectivity index (χ0v) is 35.6. The average Bonchev–Trinajstić information content (AvgIpc) is 2.95. The van der Waals surface area contributed by atoms with Gasteiger partial charge in [0, 0.05) is 54.5 Å². The number of aromatic nitrogens is 2. The fourth-order valence-corrected chi connectivity index (χ4v) is 2.06. The van der Waals surface area contributed by atoms with E-state index in [2.05, 4.69) is 129 Å². The molecule has 14 heteroatoms. The van der Waals surface area contributed by atoms with Crippen molar-refractivity contribution in [3.63, 3.8) is 0 Å². The van der Waals surface area contributed by atoms with Crippen LogP contribution in [0.15, 0.2) is 36.7 Å². The van der Waals surface area contributed by atoms with Gasteiger partial charge in [0.2, 0.25) is 11.8 Å². The number of halogens is 6. The Balaban J connectivity index is -0.000000137. The third-order valence-corrected chi connectivity index (χ3v) is 3.30. The van der Waals surface area contributed by atoms with Crippen LogP contribution in [0.4, 0.5) is 4.39 Å². The number of rotatable bonds is 8. The molecule has 230 valence electrons. The number of nitrogens with zero attached hydrogens (tertiary/aromatic N) is 2. The number of pyridine rings is 2. The van der Waals surface area contributed by atoms with Crippen molar-refractivity contribution in [2.24, 2.45) is 0 Å². The van der Waals surface area contributed by atoms with E-state index in [0.29, 0.717) is 31.8 Å². The van der Waals surface area contributed by atoms with Crippen molar-refractivity contribution in [2.45, 2.75) is 43.8 Å². The van der Waals surface area contributed by atoms with Crippen molar-refractivity contribution >= 4 is 105 Å². The molecule has 0 bridgehead atoms. The van der Waals surface area contributed by atoms with E-state index in [4.69, 9.17) is 18.9 Å². The number of alkyl halides is 3. The van der Waals surface area contributed by atoms with Crippen molar-refractivity contribution in [3.8, 4) is 11.8 Å². The molecule has 0 aromatic carbocycles. The Morgan fingerprint density at radius 2 is 1.26 bits per heavy atom. The first-order valence-electron chi connectivity index (χ1n) is 11.0. The number of carbonyl (C=O) groups excluding carboxylic acids is 1. The molecule has 2 aromatic rings. The third kappa shape index (κ3) is 37.4. The van der Waals surface area contributed by atoms with E-state index in [-0.39, 0.29) is 11.2 Å². The van der Waals surface area contributed by atoms with Gasteiger partial charge in [-0.15, -0.1) is 0 Å². The van der Waals surface area contributed by atoms with Crippen LogP contribution in [0.2, 0.25) is 0 Å². The number of hydrogen-bond acceptors (Lipinski definition) is 7. The van der Waals surface area contributed by atoms with E-state index in [0.717, 1.165) is 21.3 Å². The van der Waals surface area contributed by atoms with Gasteiger partial charge in [0.05, 0.1) is 21.4 Å². The van der Waals surface area contributed by atoms with E-state index in [1.165, 1.54) is 7.11 Å². The second kappa shape index (κ2) is 41.5. The summed E-state index contributed by atoms with van der Waals surface area (Å²) in [7, 11) is 6.85. The van der Waals surface area contributed by atoms with Crippen LogP contribution >= 0.6 is 98.5 Å². The van der Waals surface area contributed by atoms with Crippen LogP contribution < -0.4 is 9.47 Å². The van der Waals surface area contributed by atoms with Crippen LogP contribution in [0.5, 0.6) is 11.8 Å². The van der Waals surface area contributed by atoms with Gasteiger partial charge in [-0.25, -0.2) is 9.97 Å². The predicted octanol–water partition coefficient (Wildman–Crippen LogP) is 9.00. The molecule has 2 aromatic heterocycles. The maximum atomic E-state index is 10.2. The summed E-state index contributed by atoms with van der Waals surface area (Å²) in [4.78, 5) is 17.9. The maximum absolute atomic E-state index is 10.2. The van der Waals surface area contributed by atoms with Gasteiger partial charge in [0.15, 0.2) is 6.29 Å². The van der Waals surface area contributed by atoms with Crippen molar-refractivity contribution in [2.75, 3.05) is 41.4 Å². The number of hydrogen-bond donors (Lipinski definition) is 0. The summed E-state index contributed by atoms with van der Waals surface area (Å²) < 4.78 is 30.5. The van der Waals surface area contributed by atoms with Gasteiger partial charge in [-0.3, -0.25) is 4.39 Å². The molecule has 0 unspecified atom stereocenters. The van der Waals surface area contributed by atoms with E-state index in [9.17, 15) is 9.18 Å². The molecule has 0 fully saturated rings. The van der Waals surface area contributed by atoms with Crippen molar-refractivity contribution in [1.29, 1.82) is 0 Å². The molecule has 0 aliphatic carbocycles. The summed E-state index contributed by atoms with van der Waals surface area (Å²) in [5, 5.41) is 0. The monoisotopic (exact) mass is 1110 g/mol. The van der Waals surface area contributed by atoms with Gasteiger partial charge in [-0.1, -0.05) is 64.5 Å². The van der Waals surface area contributed by atoms with Crippen LogP contribution in [-0.4, -0.2) is 67.9 Å². The summed E-state index contributed by atoms with van der Waals surface area (Å²) in [6, 6.07) is 7.40. The fraction of sp³-hybridized carbons (Fsp3) is 0.520. The summed E-state index contributed by atoms with van der Waals surface area (Å²) in [5.41, 5.74) is 1.80. The summed E-state index contributed by atoms with van der Waals surface area (Å²) in [6.45, 7) is 9.31. The summed E-state index contributed by atoms with van der Waals surface area (Å²) in [6.07, 6.45) is 4.89. The zero-order valence-electron chi connectivity index (χ0n) is 24.0. The Labute approximate surface area is 295 Å². The number of methoxy groups -OCH3 is 4. The normalized spacial score (nSPS) is 8.69. The van der Waals surface area contributed by atoms with Gasteiger partial charge < -0.3 is 30.7 Å². The molecule has 0 N–H and O–H groups in total. The quantitative estimate of drug-likeness (QED) is 0.0860. The molecule has 39 heavy (non-hydrogen) atoms.